The first-order chi connectivity index (χ1) is 6.20. The minimum absolute atomic E-state index is 0.413. The van der Waals surface area contributed by atoms with Gasteiger partial charge in [-0.25, -0.2) is 4.79 Å². The van der Waals surface area contributed by atoms with Gasteiger partial charge in [0.2, 0.25) is 0 Å². The van der Waals surface area contributed by atoms with Crippen LogP contribution < -0.4 is 16.6 Å². The van der Waals surface area contributed by atoms with E-state index in [9.17, 15) is 4.79 Å². The molecular formula is C8H15N3OS. The molecule has 74 valence electrons. The number of primary amides is 1. The highest BCUT2D eigenvalue weighted by Gasteiger charge is 2.17. The maximum absolute atomic E-state index is 10.4. The van der Waals surface area contributed by atoms with Crippen molar-refractivity contribution in [1.29, 1.82) is 0 Å². The molecule has 1 aliphatic rings. The van der Waals surface area contributed by atoms with Crippen molar-refractivity contribution in [1.82, 2.24) is 10.9 Å². The summed E-state index contributed by atoms with van der Waals surface area (Å²) in [5.41, 5.74) is 9.85. The van der Waals surface area contributed by atoms with Crippen LogP contribution in [0.1, 0.15) is 32.1 Å². The lowest BCUT2D eigenvalue weighted by molar-refractivity contribution is 0.247. The highest BCUT2D eigenvalue weighted by atomic mass is 32.1. The summed E-state index contributed by atoms with van der Waals surface area (Å²) in [5.74, 6) is 0.413. The Morgan fingerprint density at radius 2 is 1.85 bits per heavy atom. The molecular weight excluding hydrogens is 186 g/mol. The van der Waals surface area contributed by atoms with E-state index in [0.29, 0.717) is 10.9 Å². The molecule has 0 heterocycles. The molecule has 0 aromatic heterocycles. The Hall–Kier alpha value is -0.840. The topological polar surface area (TPSA) is 67.2 Å². The second kappa shape index (κ2) is 5.01. The number of carbonyl (C=O) groups is 1. The Balaban J connectivity index is 2.25. The highest BCUT2D eigenvalue weighted by molar-refractivity contribution is 7.80. The standard InChI is InChI=1S/C8H15N3OS/c9-8(12)11-10-7(13)6-4-2-1-3-5-6/h6H,1-5H2,(H,10,13)(H3,9,11,12). The first kappa shape index (κ1) is 10.2. The van der Waals surface area contributed by atoms with Crippen LogP contribution in [0.5, 0.6) is 0 Å². The van der Waals surface area contributed by atoms with Gasteiger partial charge in [0.1, 0.15) is 0 Å². The summed E-state index contributed by atoms with van der Waals surface area (Å²) < 4.78 is 0. The fourth-order valence-electron chi connectivity index (χ4n) is 1.59. The largest absolute Gasteiger partial charge is 0.350 e. The lowest BCUT2D eigenvalue weighted by Crippen LogP contribution is -2.46. The van der Waals surface area contributed by atoms with Crippen LogP contribution in [0.25, 0.3) is 0 Å². The summed E-state index contributed by atoms with van der Waals surface area (Å²) in [7, 11) is 0. The number of hydrogen-bond donors (Lipinski definition) is 3. The molecule has 0 bridgehead atoms. The number of carbonyl (C=O) groups excluding carboxylic acids is 1. The van der Waals surface area contributed by atoms with Gasteiger partial charge in [-0.05, 0) is 12.8 Å². The van der Waals surface area contributed by atoms with Crippen LogP contribution in [-0.4, -0.2) is 11.0 Å². The number of hydrogen-bond acceptors (Lipinski definition) is 2. The fraction of sp³-hybridized carbons (Fsp3) is 0.750. The summed E-state index contributed by atoms with van der Waals surface area (Å²) in [4.78, 5) is 11.1. The maximum atomic E-state index is 10.4. The van der Waals surface area contributed by atoms with E-state index in [1.54, 1.807) is 0 Å². The average Bonchev–Trinajstić information content (AvgIpc) is 2.15. The average molecular weight is 201 g/mol. The molecule has 1 rings (SSSR count). The van der Waals surface area contributed by atoms with Gasteiger partial charge in [-0.3, -0.25) is 10.9 Å². The summed E-state index contributed by atoms with van der Waals surface area (Å²) >= 11 is 5.11. The zero-order valence-corrected chi connectivity index (χ0v) is 8.32. The molecule has 13 heavy (non-hydrogen) atoms. The Morgan fingerprint density at radius 1 is 1.23 bits per heavy atom. The Morgan fingerprint density at radius 3 is 2.38 bits per heavy atom. The van der Waals surface area contributed by atoms with E-state index in [0.717, 1.165) is 12.8 Å². The number of amides is 2. The van der Waals surface area contributed by atoms with Crippen LogP contribution in [0.3, 0.4) is 0 Å². The number of nitrogens with one attached hydrogen (secondary N) is 2. The van der Waals surface area contributed by atoms with E-state index < -0.39 is 6.03 Å². The molecule has 0 aliphatic heterocycles. The summed E-state index contributed by atoms with van der Waals surface area (Å²) in [5, 5.41) is 0. The smallest absolute Gasteiger partial charge is 0.330 e. The van der Waals surface area contributed by atoms with Crippen molar-refractivity contribution in [2.24, 2.45) is 11.7 Å². The van der Waals surface area contributed by atoms with Crippen LogP contribution in [-0.2, 0) is 0 Å². The first-order valence-electron chi connectivity index (χ1n) is 4.55. The molecule has 1 fully saturated rings. The highest BCUT2D eigenvalue weighted by Crippen LogP contribution is 2.23. The van der Waals surface area contributed by atoms with Crippen molar-refractivity contribution in [2.45, 2.75) is 32.1 Å². The second-order valence-corrected chi connectivity index (χ2v) is 3.75. The lowest BCUT2D eigenvalue weighted by Gasteiger charge is -2.22. The van der Waals surface area contributed by atoms with Crippen molar-refractivity contribution in [3.05, 3.63) is 0 Å². The predicted octanol–water partition coefficient (Wildman–Crippen LogP) is 1.07. The molecule has 0 atom stereocenters. The Kier molecular flexibility index (Phi) is 3.95. The molecule has 0 aromatic rings. The Labute approximate surface area is 83.2 Å². The van der Waals surface area contributed by atoms with E-state index in [2.05, 4.69) is 10.9 Å². The molecule has 0 radical (unpaired) electrons. The fourth-order valence-corrected chi connectivity index (χ4v) is 1.88. The third kappa shape index (κ3) is 3.59. The van der Waals surface area contributed by atoms with E-state index in [1.165, 1.54) is 19.3 Å². The quantitative estimate of drug-likeness (QED) is 0.439. The van der Waals surface area contributed by atoms with Gasteiger partial charge in [0.15, 0.2) is 0 Å². The lowest BCUT2D eigenvalue weighted by atomic mass is 9.89. The summed E-state index contributed by atoms with van der Waals surface area (Å²) in [6.45, 7) is 0. The number of hydrazine groups is 1. The van der Waals surface area contributed by atoms with Crippen LogP contribution in [0.4, 0.5) is 4.79 Å². The molecule has 0 saturated heterocycles. The van der Waals surface area contributed by atoms with Crippen LogP contribution >= 0.6 is 12.2 Å². The van der Waals surface area contributed by atoms with Crippen molar-refractivity contribution in [2.75, 3.05) is 0 Å². The zero-order chi connectivity index (χ0) is 9.68. The van der Waals surface area contributed by atoms with Gasteiger partial charge in [-0.15, -0.1) is 0 Å². The van der Waals surface area contributed by atoms with Crippen molar-refractivity contribution >= 4 is 23.2 Å². The van der Waals surface area contributed by atoms with Crippen molar-refractivity contribution in [3.8, 4) is 0 Å². The maximum Gasteiger partial charge on any atom is 0.330 e. The molecule has 5 heteroatoms. The molecule has 1 saturated carbocycles. The van der Waals surface area contributed by atoms with Gasteiger partial charge in [-0.1, -0.05) is 31.5 Å². The normalized spacial score (nSPS) is 17.8. The number of rotatable bonds is 1. The molecule has 2 amide bonds. The van der Waals surface area contributed by atoms with Crippen LogP contribution in [0, 0.1) is 5.92 Å². The molecule has 0 unspecified atom stereocenters. The molecule has 1 aliphatic carbocycles. The zero-order valence-electron chi connectivity index (χ0n) is 7.51. The minimum atomic E-state index is -0.599. The SMILES string of the molecule is NC(=O)NNC(=S)C1CCCCC1. The van der Waals surface area contributed by atoms with Gasteiger partial charge >= 0.3 is 6.03 Å². The van der Waals surface area contributed by atoms with E-state index in [-0.39, 0.29) is 0 Å². The van der Waals surface area contributed by atoms with Gasteiger partial charge < -0.3 is 5.73 Å². The van der Waals surface area contributed by atoms with Crippen LogP contribution in [0.15, 0.2) is 0 Å². The van der Waals surface area contributed by atoms with Crippen molar-refractivity contribution in [3.63, 3.8) is 0 Å². The third-order valence-electron chi connectivity index (χ3n) is 2.28. The Bertz CT molecular complexity index is 202. The van der Waals surface area contributed by atoms with Crippen LogP contribution in [0.2, 0.25) is 0 Å². The minimum Gasteiger partial charge on any atom is -0.350 e. The molecule has 4 N–H and O–H groups in total. The molecule has 0 spiro atoms. The summed E-state index contributed by atoms with van der Waals surface area (Å²) in [6, 6.07) is -0.599. The predicted molar refractivity (Wildman–Crippen MR) is 55.0 cm³/mol. The first-order valence-corrected chi connectivity index (χ1v) is 4.96. The van der Waals surface area contributed by atoms with Gasteiger partial charge in [0.05, 0.1) is 4.99 Å². The third-order valence-corrected chi connectivity index (χ3v) is 2.72. The number of urea groups is 1. The molecule has 0 aromatic carbocycles. The monoisotopic (exact) mass is 201 g/mol. The number of thiocarbonyl (C=S) groups is 1. The molecule has 4 nitrogen and oxygen atoms in total. The van der Waals surface area contributed by atoms with E-state index >= 15 is 0 Å². The van der Waals surface area contributed by atoms with E-state index in [1.807, 2.05) is 0 Å². The van der Waals surface area contributed by atoms with Crippen molar-refractivity contribution < 1.29 is 4.79 Å². The number of nitrogens with two attached hydrogens (primary N) is 1. The summed E-state index contributed by atoms with van der Waals surface area (Å²) in [6.07, 6.45) is 5.98. The van der Waals surface area contributed by atoms with E-state index in [4.69, 9.17) is 18.0 Å². The van der Waals surface area contributed by atoms with Gasteiger partial charge in [-0.2, -0.15) is 0 Å². The van der Waals surface area contributed by atoms with Gasteiger partial charge in [0.25, 0.3) is 0 Å². The second-order valence-electron chi connectivity index (χ2n) is 3.31. The van der Waals surface area contributed by atoms with Gasteiger partial charge in [0, 0.05) is 5.92 Å².